The zero-order valence-corrected chi connectivity index (χ0v) is 34.0. The number of pyridine rings is 4. The van der Waals surface area contributed by atoms with Gasteiger partial charge in [-0.1, -0.05) is 180 Å². The topological polar surface area (TPSA) is 51.6 Å². The van der Waals surface area contributed by atoms with Crippen molar-refractivity contribution in [1.29, 1.82) is 0 Å². The van der Waals surface area contributed by atoms with Crippen molar-refractivity contribution >= 4 is 43.4 Å². The maximum atomic E-state index is 4.18. The fraction of sp³-hybridized carbons (Fsp3) is 0.250. The zero-order chi connectivity index (χ0) is 39.2. The molecule has 8 rings (SSSR count). The number of para-hydroxylation sites is 2. The van der Waals surface area contributed by atoms with Crippen molar-refractivity contribution in [1.82, 2.24) is 19.9 Å². The van der Waals surface area contributed by atoms with Crippen LogP contribution >= 0.6 is 0 Å². The van der Waals surface area contributed by atoms with Gasteiger partial charge in [0, 0.05) is 48.0 Å². The van der Waals surface area contributed by atoms with Crippen molar-refractivity contribution in [2.75, 3.05) is 0 Å². The van der Waals surface area contributed by atoms with Gasteiger partial charge in [-0.15, -0.1) is 0 Å². The maximum absolute atomic E-state index is 4.18. The van der Waals surface area contributed by atoms with Crippen molar-refractivity contribution in [2.24, 2.45) is 0 Å². The first-order valence-corrected chi connectivity index (χ1v) is 19.0. The van der Waals surface area contributed by atoms with E-state index in [4.69, 9.17) is 0 Å². The largest absolute Gasteiger partial charge is 0.264 e. The maximum Gasteiger partial charge on any atom is 0.0701 e. The van der Waals surface area contributed by atoms with Gasteiger partial charge >= 0.3 is 0 Å². The number of aromatic nitrogens is 4. The van der Waals surface area contributed by atoms with Crippen molar-refractivity contribution in [3.63, 3.8) is 0 Å². The first-order valence-electron chi connectivity index (χ1n) is 19.0. The van der Waals surface area contributed by atoms with E-state index in [1.807, 2.05) is 205 Å². The number of fused-ring (bicyclic) bond motifs is 4. The summed E-state index contributed by atoms with van der Waals surface area (Å²) in [6.07, 6.45) is 11.0. The van der Waals surface area contributed by atoms with Gasteiger partial charge in [0.1, 0.15) is 0 Å². The van der Waals surface area contributed by atoms with Crippen LogP contribution in [0.5, 0.6) is 0 Å². The normalized spacial score (nSPS) is 8.38. The summed E-state index contributed by atoms with van der Waals surface area (Å²) in [4.78, 5) is 16.4. The SMILES string of the molecule is CC.CC.CC.CC.CC.CC.c1ccc2cnccc2c1.c1ccc2cnccc2c1.c1ccc2ncccc2c1.c1ccc2ncccc2c1. The molecule has 0 aliphatic carbocycles. The third kappa shape index (κ3) is 19.1. The third-order valence-corrected chi connectivity index (χ3v) is 6.12. The van der Waals surface area contributed by atoms with Gasteiger partial charge < -0.3 is 0 Å². The molecule has 0 unspecified atom stereocenters. The fourth-order valence-electron chi connectivity index (χ4n) is 4.09. The molecule has 4 heteroatoms. The molecule has 0 saturated carbocycles. The Morgan fingerprint density at radius 2 is 0.519 bits per heavy atom. The molecule has 0 bridgehead atoms. The van der Waals surface area contributed by atoms with Gasteiger partial charge in [-0.3, -0.25) is 19.9 Å². The van der Waals surface area contributed by atoms with Gasteiger partial charge in [0.25, 0.3) is 0 Å². The van der Waals surface area contributed by atoms with Gasteiger partial charge in [0.2, 0.25) is 0 Å². The molecule has 8 aromatic rings. The van der Waals surface area contributed by atoms with Crippen molar-refractivity contribution in [3.8, 4) is 0 Å². The summed E-state index contributed by atoms with van der Waals surface area (Å²) in [6.45, 7) is 24.0. The molecule has 0 radical (unpaired) electrons. The molecule has 0 saturated heterocycles. The lowest BCUT2D eigenvalue weighted by atomic mass is 10.2. The number of hydrogen-bond donors (Lipinski definition) is 0. The van der Waals surface area contributed by atoms with E-state index in [0.717, 1.165) is 11.0 Å². The summed E-state index contributed by atoms with van der Waals surface area (Å²) in [5, 5.41) is 7.29. The molecule has 0 aliphatic heterocycles. The second-order valence-corrected chi connectivity index (χ2v) is 8.84. The van der Waals surface area contributed by atoms with E-state index in [-0.39, 0.29) is 0 Å². The van der Waals surface area contributed by atoms with Crippen LogP contribution in [-0.2, 0) is 0 Å². The molecule has 52 heavy (non-hydrogen) atoms. The molecular formula is C48H64N4. The quantitative estimate of drug-likeness (QED) is 0.158. The monoisotopic (exact) mass is 697 g/mol. The molecule has 276 valence electrons. The molecule has 0 N–H and O–H groups in total. The average molecular weight is 697 g/mol. The summed E-state index contributed by atoms with van der Waals surface area (Å²) in [6, 6.07) is 44.6. The Morgan fingerprint density at radius 1 is 0.250 bits per heavy atom. The molecule has 4 heterocycles. The lowest BCUT2D eigenvalue weighted by Crippen LogP contribution is -1.73. The van der Waals surface area contributed by atoms with Crippen LogP contribution in [0, 0.1) is 0 Å². The lowest BCUT2D eigenvalue weighted by Gasteiger charge is -1.91. The molecule has 4 nitrogen and oxygen atoms in total. The third-order valence-electron chi connectivity index (χ3n) is 6.12. The van der Waals surface area contributed by atoms with Gasteiger partial charge in [-0.05, 0) is 57.9 Å². The highest BCUT2D eigenvalue weighted by atomic mass is 14.6. The Kier molecular flexibility index (Phi) is 33.1. The Morgan fingerprint density at radius 3 is 0.827 bits per heavy atom. The lowest BCUT2D eigenvalue weighted by molar-refractivity contribution is 1.36. The summed E-state index contributed by atoms with van der Waals surface area (Å²) in [7, 11) is 0. The number of hydrogen-bond acceptors (Lipinski definition) is 4. The van der Waals surface area contributed by atoms with E-state index in [1.54, 1.807) is 0 Å². The molecular weight excluding hydrogens is 633 g/mol. The van der Waals surface area contributed by atoms with E-state index in [0.29, 0.717) is 0 Å². The van der Waals surface area contributed by atoms with Gasteiger partial charge in [-0.25, -0.2) is 0 Å². The molecule has 0 amide bonds. The van der Waals surface area contributed by atoms with Crippen LogP contribution in [0.15, 0.2) is 171 Å². The molecule has 0 fully saturated rings. The molecule has 0 spiro atoms. The summed E-state index contributed by atoms with van der Waals surface area (Å²) < 4.78 is 0. The van der Waals surface area contributed by atoms with Crippen LogP contribution in [-0.4, -0.2) is 19.9 Å². The predicted molar refractivity (Wildman–Crippen MR) is 235 cm³/mol. The van der Waals surface area contributed by atoms with Crippen molar-refractivity contribution in [3.05, 3.63) is 171 Å². The van der Waals surface area contributed by atoms with Crippen molar-refractivity contribution in [2.45, 2.75) is 83.1 Å². The van der Waals surface area contributed by atoms with E-state index >= 15 is 0 Å². The number of benzene rings is 4. The Labute approximate surface area is 316 Å². The van der Waals surface area contributed by atoms with Crippen LogP contribution < -0.4 is 0 Å². The van der Waals surface area contributed by atoms with Gasteiger partial charge in [0.15, 0.2) is 0 Å². The van der Waals surface area contributed by atoms with Crippen LogP contribution in [0.1, 0.15) is 83.1 Å². The summed E-state index contributed by atoms with van der Waals surface area (Å²) >= 11 is 0. The first kappa shape index (κ1) is 48.6. The van der Waals surface area contributed by atoms with E-state index in [9.17, 15) is 0 Å². The van der Waals surface area contributed by atoms with E-state index in [1.165, 1.54) is 32.3 Å². The molecule has 4 aromatic carbocycles. The minimum atomic E-state index is 1.06. The zero-order valence-electron chi connectivity index (χ0n) is 34.0. The Balaban J connectivity index is 0. The van der Waals surface area contributed by atoms with Crippen molar-refractivity contribution < 1.29 is 0 Å². The van der Waals surface area contributed by atoms with Gasteiger partial charge in [-0.2, -0.15) is 0 Å². The molecule has 4 aromatic heterocycles. The molecule has 0 atom stereocenters. The highest BCUT2D eigenvalue weighted by Gasteiger charge is 1.89. The average Bonchev–Trinajstić information content (AvgIpc) is 3.29. The summed E-state index contributed by atoms with van der Waals surface area (Å²) in [5.74, 6) is 0. The summed E-state index contributed by atoms with van der Waals surface area (Å²) in [5.41, 5.74) is 2.12. The molecule has 0 aliphatic rings. The van der Waals surface area contributed by atoms with E-state index < -0.39 is 0 Å². The Hall–Kier alpha value is -5.48. The first-order chi connectivity index (χ1) is 25.9. The van der Waals surface area contributed by atoms with Crippen LogP contribution in [0.25, 0.3) is 43.4 Å². The highest BCUT2D eigenvalue weighted by molar-refractivity contribution is 5.82. The fourth-order valence-corrected chi connectivity index (χ4v) is 4.09. The van der Waals surface area contributed by atoms with E-state index in [2.05, 4.69) is 68.5 Å². The van der Waals surface area contributed by atoms with Crippen LogP contribution in [0.3, 0.4) is 0 Å². The van der Waals surface area contributed by atoms with Gasteiger partial charge in [0.05, 0.1) is 11.0 Å². The predicted octanol–water partition coefficient (Wildman–Crippen LogP) is 15.1. The van der Waals surface area contributed by atoms with Crippen LogP contribution in [0.2, 0.25) is 0 Å². The number of nitrogens with zero attached hydrogens (tertiary/aromatic N) is 4. The Bertz CT molecular complexity index is 1390. The minimum absolute atomic E-state index is 1.06. The minimum Gasteiger partial charge on any atom is -0.264 e. The highest BCUT2D eigenvalue weighted by Crippen LogP contribution is 2.11. The second kappa shape index (κ2) is 35.3. The number of rotatable bonds is 0. The second-order valence-electron chi connectivity index (χ2n) is 8.84. The van der Waals surface area contributed by atoms with Crippen LogP contribution in [0.4, 0.5) is 0 Å². The standard InChI is InChI=1S/4C9H7N.6C2H6/c2*1-2-6-9-8(4-1)5-3-7-10-9;2*1-2-4-9-7-10-6-5-8(9)3-1;6*1-2/h4*1-7H;6*1-2H3. The smallest absolute Gasteiger partial charge is 0.0701 e.